The molecule has 0 radical (unpaired) electrons. The van der Waals surface area contributed by atoms with Gasteiger partial charge < -0.3 is 29.0 Å². The number of morpholine rings is 1. The molecule has 9 heteroatoms. The standard InChI is InChI=1S/C26H28FN3O5/c1-17-21(18(2)35-29-17)16-34-24-8-4-19(14-25(24)32-3)5-9-26(31)28-20-6-7-23(22(27)15-20)30-10-12-33-13-11-30/h4-9,14-15H,10-13,16H2,1-3H3,(H,28,31)/b9-5+. The number of carbonyl (C=O) groups is 1. The van der Waals surface area contributed by atoms with Crippen LogP contribution < -0.4 is 19.7 Å². The number of aryl methyl sites for hydroxylation is 2. The van der Waals surface area contributed by atoms with Crippen molar-refractivity contribution in [3.05, 3.63) is 70.9 Å². The molecule has 8 nitrogen and oxygen atoms in total. The summed E-state index contributed by atoms with van der Waals surface area (Å²) in [4.78, 5) is 14.3. The third kappa shape index (κ3) is 5.99. The Bertz CT molecular complexity index is 1200. The molecule has 35 heavy (non-hydrogen) atoms. The maximum Gasteiger partial charge on any atom is 0.248 e. The van der Waals surface area contributed by atoms with Crippen molar-refractivity contribution in [3.8, 4) is 11.5 Å². The van der Waals surface area contributed by atoms with Gasteiger partial charge in [-0.1, -0.05) is 11.2 Å². The molecule has 0 aliphatic carbocycles. The SMILES string of the molecule is COc1cc(/C=C/C(=O)Nc2ccc(N3CCOCC3)c(F)c2)ccc1OCc1c(C)noc1C. The Hall–Kier alpha value is -3.85. The summed E-state index contributed by atoms with van der Waals surface area (Å²) in [5, 5.41) is 6.62. The zero-order chi connectivity index (χ0) is 24.8. The topological polar surface area (TPSA) is 86.1 Å². The second-order valence-electron chi connectivity index (χ2n) is 8.09. The Kier molecular flexibility index (Phi) is 7.67. The summed E-state index contributed by atoms with van der Waals surface area (Å²) in [5.74, 6) is 1.04. The van der Waals surface area contributed by atoms with Crippen LogP contribution in [-0.2, 0) is 16.1 Å². The first-order valence-corrected chi connectivity index (χ1v) is 11.3. The third-order valence-corrected chi connectivity index (χ3v) is 5.74. The first-order chi connectivity index (χ1) is 16.9. The predicted molar refractivity (Wildman–Crippen MR) is 130 cm³/mol. The maximum atomic E-state index is 14.6. The van der Waals surface area contributed by atoms with Gasteiger partial charge in [0, 0.05) is 24.9 Å². The van der Waals surface area contributed by atoms with E-state index in [1.165, 1.54) is 12.1 Å². The summed E-state index contributed by atoms with van der Waals surface area (Å²) < 4.78 is 36.4. The average Bonchev–Trinajstić information content (AvgIpc) is 3.19. The van der Waals surface area contributed by atoms with Crippen molar-refractivity contribution in [2.45, 2.75) is 20.5 Å². The lowest BCUT2D eigenvalue weighted by atomic mass is 10.1. The van der Waals surface area contributed by atoms with E-state index < -0.39 is 0 Å². The maximum absolute atomic E-state index is 14.6. The lowest BCUT2D eigenvalue weighted by Crippen LogP contribution is -2.36. The average molecular weight is 482 g/mol. The predicted octanol–water partition coefficient (Wildman–Crippen LogP) is 4.51. The highest BCUT2D eigenvalue weighted by Gasteiger charge is 2.16. The lowest BCUT2D eigenvalue weighted by Gasteiger charge is -2.29. The number of carbonyl (C=O) groups excluding carboxylic acids is 1. The quantitative estimate of drug-likeness (QED) is 0.474. The van der Waals surface area contributed by atoms with Gasteiger partial charge in [-0.3, -0.25) is 4.79 Å². The van der Waals surface area contributed by atoms with E-state index in [4.69, 9.17) is 18.7 Å². The van der Waals surface area contributed by atoms with Crippen LogP contribution in [0.2, 0.25) is 0 Å². The highest BCUT2D eigenvalue weighted by molar-refractivity contribution is 6.02. The van der Waals surface area contributed by atoms with Crippen molar-refractivity contribution in [1.29, 1.82) is 0 Å². The molecule has 1 aliphatic heterocycles. The molecule has 4 rings (SSSR count). The number of amides is 1. The fraction of sp³-hybridized carbons (Fsp3) is 0.308. The van der Waals surface area contributed by atoms with E-state index in [0.717, 1.165) is 16.8 Å². The van der Waals surface area contributed by atoms with Crippen LogP contribution in [0.15, 0.2) is 47.0 Å². The summed E-state index contributed by atoms with van der Waals surface area (Å²) in [6, 6.07) is 10.0. The summed E-state index contributed by atoms with van der Waals surface area (Å²) >= 11 is 0. The molecule has 2 aromatic carbocycles. The van der Waals surface area contributed by atoms with Crippen molar-refractivity contribution >= 4 is 23.4 Å². The van der Waals surface area contributed by atoms with Gasteiger partial charge >= 0.3 is 0 Å². The number of hydrogen-bond donors (Lipinski definition) is 1. The van der Waals surface area contributed by atoms with Crippen LogP contribution >= 0.6 is 0 Å². The van der Waals surface area contributed by atoms with Crippen LogP contribution in [0, 0.1) is 19.7 Å². The number of methoxy groups -OCH3 is 1. The number of aromatic nitrogens is 1. The number of rotatable bonds is 8. The number of halogens is 1. The molecule has 0 atom stereocenters. The fourth-order valence-corrected chi connectivity index (χ4v) is 3.77. The number of anilines is 2. The van der Waals surface area contributed by atoms with Gasteiger partial charge in [0.15, 0.2) is 11.5 Å². The number of nitrogens with zero attached hydrogens (tertiary/aromatic N) is 2. The Morgan fingerprint density at radius 2 is 1.97 bits per heavy atom. The minimum absolute atomic E-state index is 0.302. The van der Waals surface area contributed by atoms with E-state index >= 15 is 0 Å². The van der Waals surface area contributed by atoms with Crippen LogP contribution in [0.1, 0.15) is 22.6 Å². The van der Waals surface area contributed by atoms with Gasteiger partial charge in [0.2, 0.25) is 5.91 Å². The number of nitrogens with one attached hydrogen (secondary N) is 1. The van der Waals surface area contributed by atoms with Gasteiger partial charge in [0.25, 0.3) is 0 Å². The van der Waals surface area contributed by atoms with Crippen LogP contribution in [-0.4, -0.2) is 44.5 Å². The molecular weight excluding hydrogens is 453 g/mol. The summed E-state index contributed by atoms with van der Waals surface area (Å²) in [5.41, 5.74) is 3.31. The van der Waals surface area contributed by atoms with E-state index in [0.29, 0.717) is 61.5 Å². The first-order valence-electron chi connectivity index (χ1n) is 11.3. The Morgan fingerprint density at radius 1 is 1.17 bits per heavy atom. The normalized spacial score (nSPS) is 13.8. The molecule has 0 spiro atoms. The van der Waals surface area contributed by atoms with E-state index in [1.807, 2.05) is 24.8 Å². The van der Waals surface area contributed by atoms with Crippen molar-refractivity contribution in [2.75, 3.05) is 43.6 Å². The molecule has 2 heterocycles. The zero-order valence-electron chi connectivity index (χ0n) is 20.0. The molecule has 1 aromatic heterocycles. The molecule has 3 aromatic rings. The van der Waals surface area contributed by atoms with Gasteiger partial charge in [-0.2, -0.15) is 0 Å². The number of benzene rings is 2. The second-order valence-corrected chi connectivity index (χ2v) is 8.09. The van der Waals surface area contributed by atoms with Gasteiger partial charge in [0.1, 0.15) is 18.2 Å². The lowest BCUT2D eigenvalue weighted by molar-refractivity contribution is -0.111. The van der Waals surface area contributed by atoms with Crippen molar-refractivity contribution < 1.29 is 27.9 Å². The molecular formula is C26H28FN3O5. The van der Waals surface area contributed by atoms with Gasteiger partial charge in [0.05, 0.1) is 37.3 Å². The van der Waals surface area contributed by atoms with Crippen molar-refractivity contribution in [1.82, 2.24) is 5.16 Å². The summed E-state index contributed by atoms with van der Waals surface area (Å²) in [6.07, 6.45) is 3.03. The van der Waals surface area contributed by atoms with Crippen LogP contribution in [0.5, 0.6) is 11.5 Å². The molecule has 0 bridgehead atoms. The molecule has 1 fully saturated rings. The molecule has 184 valence electrons. The highest BCUT2D eigenvalue weighted by atomic mass is 19.1. The monoisotopic (exact) mass is 481 g/mol. The van der Waals surface area contributed by atoms with Crippen LogP contribution in [0.3, 0.4) is 0 Å². The third-order valence-electron chi connectivity index (χ3n) is 5.74. The first kappa shape index (κ1) is 24.3. The molecule has 1 saturated heterocycles. The summed E-state index contributed by atoms with van der Waals surface area (Å²) in [7, 11) is 1.55. The Balaban J connectivity index is 1.37. The Morgan fingerprint density at radius 3 is 2.66 bits per heavy atom. The zero-order valence-corrected chi connectivity index (χ0v) is 20.0. The van der Waals surface area contributed by atoms with Crippen LogP contribution in [0.4, 0.5) is 15.8 Å². The summed E-state index contributed by atoms with van der Waals surface area (Å²) in [6.45, 7) is 6.41. The minimum Gasteiger partial charge on any atom is -0.493 e. The van der Waals surface area contributed by atoms with Crippen LogP contribution in [0.25, 0.3) is 6.08 Å². The molecule has 0 saturated carbocycles. The van der Waals surface area contributed by atoms with Gasteiger partial charge in [-0.15, -0.1) is 0 Å². The van der Waals surface area contributed by atoms with E-state index in [2.05, 4.69) is 10.5 Å². The smallest absolute Gasteiger partial charge is 0.248 e. The fourth-order valence-electron chi connectivity index (χ4n) is 3.77. The largest absolute Gasteiger partial charge is 0.493 e. The van der Waals surface area contributed by atoms with Crippen molar-refractivity contribution in [3.63, 3.8) is 0 Å². The number of ether oxygens (including phenoxy) is 3. The van der Waals surface area contributed by atoms with Crippen molar-refractivity contribution in [2.24, 2.45) is 0 Å². The molecule has 1 N–H and O–H groups in total. The van der Waals surface area contributed by atoms with E-state index in [1.54, 1.807) is 37.5 Å². The van der Waals surface area contributed by atoms with Gasteiger partial charge in [-0.25, -0.2) is 4.39 Å². The van der Waals surface area contributed by atoms with E-state index in [9.17, 15) is 9.18 Å². The highest BCUT2D eigenvalue weighted by Crippen LogP contribution is 2.30. The van der Waals surface area contributed by atoms with E-state index in [-0.39, 0.29) is 11.7 Å². The Labute approximate surface area is 203 Å². The molecule has 1 amide bonds. The molecule has 0 unspecified atom stereocenters. The second kappa shape index (κ2) is 11.1. The number of hydrogen-bond acceptors (Lipinski definition) is 7. The minimum atomic E-state index is -0.384. The van der Waals surface area contributed by atoms with Gasteiger partial charge in [-0.05, 0) is 55.8 Å². The molecule has 1 aliphatic rings.